The van der Waals surface area contributed by atoms with E-state index in [2.05, 4.69) is 9.97 Å². The summed E-state index contributed by atoms with van der Waals surface area (Å²) in [7, 11) is 0. The highest BCUT2D eigenvalue weighted by molar-refractivity contribution is 5.25. The van der Waals surface area contributed by atoms with Crippen LogP contribution in [0.4, 0.5) is 5.95 Å². The topological polar surface area (TPSA) is 142 Å². The highest BCUT2D eigenvalue weighted by Crippen LogP contribution is 2.24. The number of rotatable bonds is 3. The molecule has 0 aliphatic carbocycles. The Bertz CT molecular complexity index is 410. The molecule has 8 nitrogen and oxygen atoms in total. The van der Waals surface area contributed by atoms with Crippen LogP contribution in [0.5, 0.6) is 5.88 Å². The highest BCUT2D eigenvalue weighted by atomic mass is 16.6. The fourth-order valence-electron chi connectivity index (χ4n) is 1.96. The zero-order valence-electron chi connectivity index (χ0n) is 9.47. The summed E-state index contributed by atoms with van der Waals surface area (Å²) in [5.74, 6) is -0.360. The van der Waals surface area contributed by atoms with Crippen molar-refractivity contribution in [3.63, 3.8) is 0 Å². The molecule has 0 amide bonds. The van der Waals surface area contributed by atoms with Crippen LogP contribution in [0.15, 0.2) is 6.07 Å². The Labute approximate surface area is 103 Å². The van der Waals surface area contributed by atoms with Crippen LogP contribution in [0.1, 0.15) is 5.69 Å². The van der Waals surface area contributed by atoms with Crippen LogP contribution in [-0.2, 0) is 11.2 Å². The molecule has 1 fully saturated rings. The van der Waals surface area contributed by atoms with Crippen molar-refractivity contribution < 1.29 is 25.2 Å². The average Bonchev–Trinajstić information content (AvgIpc) is 2.55. The van der Waals surface area contributed by atoms with E-state index in [0.29, 0.717) is 5.69 Å². The van der Waals surface area contributed by atoms with Gasteiger partial charge in [-0.1, -0.05) is 0 Å². The molecule has 1 aliphatic rings. The Morgan fingerprint density at radius 1 is 1.22 bits per heavy atom. The van der Waals surface area contributed by atoms with E-state index in [1.165, 1.54) is 6.07 Å². The first-order valence-corrected chi connectivity index (χ1v) is 5.46. The van der Waals surface area contributed by atoms with Gasteiger partial charge < -0.3 is 30.9 Å². The van der Waals surface area contributed by atoms with Crippen molar-refractivity contribution >= 4 is 5.95 Å². The number of aromatic nitrogens is 2. The van der Waals surface area contributed by atoms with Crippen molar-refractivity contribution in [1.82, 2.24) is 9.97 Å². The third-order valence-electron chi connectivity index (χ3n) is 2.83. The number of aliphatic hydroxyl groups is 3. The number of aromatic hydroxyl groups is 1. The number of anilines is 1. The number of nitrogens with zero attached hydrogens (tertiary/aromatic N) is 2. The third kappa shape index (κ3) is 2.51. The van der Waals surface area contributed by atoms with E-state index >= 15 is 0 Å². The van der Waals surface area contributed by atoms with Crippen LogP contribution in [0, 0.1) is 0 Å². The van der Waals surface area contributed by atoms with E-state index in [1.54, 1.807) is 0 Å². The molecule has 4 atom stereocenters. The average molecular weight is 257 g/mol. The fraction of sp³-hybridized carbons (Fsp3) is 0.600. The van der Waals surface area contributed by atoms with Crippen molar-refractivity contribution in [2.24, 2.45) is 0 Å². The van der Waals surface area contributed by atoms with Gasteiger partial charge >= 0.3 is 0 Å². The van der Waals surface area contributed by atoms with Gasteiger partial charge in [0.1, 0.15) is 18.3 Å². The van der Waals surface area contributed by atoms with E-state index in [-0.39, 0.29) is 24.9 Å². The van der Waals surface area contributed by atoms with Gasteiger partial charge in [0.2, 0.25) is 11.8 Å². The molecule has 0 unspecified atom stereocenters. The molecule has 0 saturated carbocycles. The first-order valence-electron chi connectivity index (χ1n) is 5.46. The van der Waals surface area contributed by atoms with E-state index < -0.39 is 24.4 Å². The molecular weight excluding hydrogens is 242 g/mol. The first-order chi connectivity index (χ1) is 8.51. The fourth-order valence-corrected chi connectivity index (χ4v) is 1.96. The molecule has 1 aliphatic heterocycles. The van der Waals surface area contributed by atoms with Gasteiger partial charge in [0, 0.05) is 12.5 Å². The molecule has 100 valence electrons. The quantitative estimate of drug-likeness (QED) is 0.410. The van der Waals surface area contributed by atoms with Crippen LogP contribution < -0.4 is 5.73 Å². The zero-order chi connectivity index (χ0) is 13.3. The Hall–Kier alpha value is -1.48. The summed E-state index contributed by atoms with van der Waals surface area (Å²) in [4.78, 5) is 7.38. The van der Waals surface area contributed by atoms with Crippen LogP contribution >= 0.6 is 0 Å². The summed E-state index contributed by atoms with van der Waals surface area (Å²) >= 11 is 0. The van der Waals surface area contributed by atoms with E-state index in [0.717, 1.165) is 0 Å². The second-order valence-corrected chi connectivity index (χ2v) is 4.16. The van der Waals surface area contributed by atoms with Crippen LogP contribution in [-0.4, -0.2) is 61.4 Å². The standard InChI is InChI=1S/C10H15N3O5/c11-10-12-4(2-7(15)13-10)1-5-8(16)9(17)6(3-14)18-5/h2,5-6,8-9,14,16-17H,1,3H2,(H3,11,12,13,15)/t5-,6+,8-,9+/m0/s1. The molecule has 0 spiro atoms. The minimum Gasteiger partial charge on any atom is -0.493 e. The van der Waals surface area contributed by atoms with Gasteiger partial charge in [-0.05, 0) is 0 Å². The molecule has 1 aromatic rings. The lowest BCUT2D eigenvalue weighted by molar-refractivity contribution is -0.0218. The van der Waals surface area contributed by atoms with Gasteiger partial charge in [-0.15, -0.1) is 0 Å². The maximum Gasteiger partial charge on any atom is 0.223 e. The summed E-state index contributed by atoms with van der Waals surface area (Å²) < 4.78 is 5.29. The van der Waals surface area contributed by atoms with Crippen LogP contribution in [0.3, 0.4) is 0 Å². The van der Waals surface area contributed by atoms with Crippen molar-refractivity contribution in [2.45, 2.75) is 30.8 Å². The maximum atomic E-state index is 9.74. The molecule has 2 heterocycles. The van der Waals surface area contributed by atoms with E-state index in [1.807, 2.05) is 0 Å². The van der Waals surface area contributed by atoms with E-state index in [9.17, 15) is 15.3 Å². The minimum atomic E-state index is -1.15. The highest BCUT2D eigenvalue weighted by Gasteiger charge is 2.42. The molecular formula is C10H15N3O5. The Morgan fingerprint density at radius 2 is 1.89 bits per heavy atom. The number of hydrogen-bond acceptors (Lipinski definition) is 8. The van der Waals surface area contributed by atoms with Crippen molar-refractivity contribution in [1.29, 1.82) is 0 Å². The number of hydrogen-bond donors (Lipinski definition) is 5. The predicted octanol–water partition coefficient (Wildman–Crippen LogP) is -2.21. The van der Waals surface area contributed by atoms with E-state index in [4.69, 9.17) is 15.6 Å². The van der Waals surface area contributed by atoms with Crippen LogP contribution in [0.25, 0.3) is 0 Å². The normalized spacial score (nSPS) is 31.7. The lowest BCUT2D eigenvalue weighted by atomic mass is 10.0. The molecule has 1 aromatic heterocycles. The molecule has 8 heteroatoms. The zero-order valence-corrected chi connectivity index (χ0v) is 9.47. The summed E-state index contributed by atoms with van der Waals surface area (Å²) in [6.45, 7) is -0.383. The lowest BCUT2D eigenvalue weighted by Gasteiger charge is -2.14. The van der Waals surface area contributed by atoms with Gasteiger partial charge in [-0.25, -0.2) is 4.98 Å². The SMILES string of the molecule is Nc1nc(O)cc(C[C@@H]2O[C@H](CO)[C@@H](O)[C@H]2O)n1. The smallest absolute Gasteiger partial charge is 0.223 e. The summed E-state index contributed by atoms with van der Waals surface area (Å²) in [5, 5.41) is 37.5. The van der Waals surface area contributed by atoms with Gasteiger partial charge in [0.25, 0.3) is 0 Å². The van der Waals surface area contributed by atoms with Crippen molar-refractivity contribution in [2.75, 3.05) is 12.3 Å². The number of nitrogen functional groups attached to an aromatic ring is 1. The lowest BCUT2D eigenvalue weighted by Crippen LogP contribution is -2.34. The minimum absolute atomic E-state index is 0.0863. The molecule has 0 radical (unpaired) electrons. The van der Waals surface area contributed by atoms with Crippen molar-refractivity contribution in [3.05, 3.63) is 11.8 Å². The molecule has 0 bridgehead atoms. The third-order valence-corrected chi connectivity index (χ3v) is 2.83. The van der Waals surface area contributed by atoms with Crippen LogP contribution in [0.2, 0.25) is 0 Å². The second-order valence-electron chi connectivity index (χ2n) is 4.16. The van der Waals surface area contributed by atoms with Crippen molar-refractivity contribution in [3.8, 4) is 5.88 Å². The molecule has 6 N–H and O–H groups in total. The predicted molar refractivity (Wildman–Crippen MR) is 59.6 cm³/mol. The molecule has 2 rings (SSSR count). The van der Waals surface area contributed by atoms with Gasteiger partial charge in [0.15, 0.2) is 0 Å². The number of aliphatic hydroxyl groups excluding tert-OH is 3. The summed E-state index contributed by atoms with van der Waals surface area (Å²) in [6.07, 6.45) is -3.66. The Morgan fingerprint density at radius 3 is 2.44 bits per heavy atom. The van der Waals surface area contributed by atoms with Gasteiger partial charge in [-0.3, -0.25) is 0 Å². The molecule has 0 aromatic carbocycles. The maximum absolute atomic E-state index is 9.74. The Balaban J connectivity index is 2.10. The second kappa shape index (κ2) is 5.02. The summed E-state index contributed by atoms with van der Waals surface area (Å²) in [6, 6.07) is 1.30. The van der Waals surface area contributed by atoms with Gasteiger partial charge in [0.05, 0.1) is 18.4 Å². The van der Waals surface area contributed by atoms with Gasteiger partial charge in [-0.2, -0.15) is 4.98 Å². The largest absolute Gasteiger partial charge is 0.493 e. The number of nitrogens with two attached hydrogens (primary N) is 1. The summed E-state index contributed by atoms with van der Waals surface area (Å²) in [5.41, 5.74) is 5.76. The first kappa shape index (κ1) is 13.0. The monoisotopic (exact) mass is 257 g/mol. The molecule has 18 heavy (non-hydrogen) atoms. The molecule has 1 saturated heterocycles. The number of ether oxygens (including phenoxy) is 1. The Kier molecular flexibility index (Phi) is 3.62.